The summed E-state index contributed by atoms with van der Waals surface area (Å²) in [6.07, 6.45) is -1.98. The lowest BCUT2D eigenvalue weighted by molar-refractivity contribution is -0.176. The predicted octanol–water partition coefficient (Wildman–Crippen LogP) is 2.59. The number of rotatable bonds is 5. The van der Waals surface area contributed by atoms with E-state index in [1.165, 1.54) is 11.1 Å². The van der Waals surface area contributed by atoms with Crippen LogP contribution in [0.25, 0.3) is 5.65 Å². The fourth-order valence-corrected chi connectivity index (χ4v) is 5.41. The van der Waals surface area contributed by atoms with Gasteiger partial charge in [-0.05, 0) is 34.8 Å². The van der Waals surface area contributed by atoms with Crippen LogP contribution in [0.4, 0.5) is 13.2 Å². The van der Waals surface area contributed by atoms with Crippen molar-refractivity contribution in [2.45, 2.75) is 58.9 Å². The number of amides is 3. The molecule has 0 aromatic carbocycles. The molecular formula is C25H29F3N6O3. The van der Waals surface area contributed by atoms with Crippen LogP contribution in [0, 0.1) is 34.0 Å². The molecule has 2 N–H and O–H groups in total. The van der Waals surface area contributed by atoms with Crippen molar-refractivity contribution in [3.8, 4) is 6.07 Å². The first-order valence-electron chi connectivity index (χ1n) is 11.9. The molecule has 3 amide bonds. The molecule has 1 saturated heterocycles. The number of pyridine rings is 1. The maximum Gasteiger partial charge on any atom is 0.471 e. The van der Waals surface area contributed by atoms with Crippen LogP contribution in [0.2, 0.25) is 0 Å². The number of hydrogen-bond acceptors (Lipinski definition) is 5. The first-order chi connectivity index (χ1) is 17.1. The Morgan fingerprint density at radius 3 is 2.46 bits per heavy atom. The summed E-state index contributed by atoms with van der Waals surface area (Å²) in [5.41, 5.74) is -0.315. The second kappa shape index (κ2) is 8.75. The van der Waals surface area contributed by atoms with Crippen molar-refractivity contribution in [3.63, 3.8) is 0 Å². The highest BCUT2D eigenvalue weighted by Crippen LogP contribution is 2.65. The second-order valence-corrected chi connectivity index (χ2v) is 11.3. The van der Waals surface area contributed by atoms with E-state index in [0.717, 1.165) is 0 Å². The van der Waals surface area contributed by atoms with Crippen molar-refractivity contribution in [3.05, 3.63) is 36.3 Å². The molecule has 1 aliphatic heterocycles. The molecule has 0 spiro atoms. The molecule has 198 valence electrons. The Labute approximate surface area is 212 Å². The van der Waals surface area contributed by atoms with Gasteiger partial charge in [0.05, 0.1) is 18.0 Å². The lowest BCUT2D eigenvalue weighted by atomic mass is 9.85. The minimum Gasteiger partial charge on any atom is -0.336 e. The average Bonchev–Trinajstić information content (AvgIpc) is 3.19. The van der Waals surface area contributed by atoms with Gasteiger partial charge in [0.2, 0.25) is 11.8 Å². The normalized spacial score (nSPS) is 24.1. The summed E-state index contributed by atoms with van der Waals surface area (Å²) in [5.74, 6) is -3.85. The van der Waals surface area contributed by atoms with E-state index >= 15 is 0 Å². The van der Waals surface area contributed by atoms with Crippen molar-refractivity contribution < 1.29 is 27.6 Å². The molecule has 9 nitrogen and oxygen atoms in total. The van der Waals surface area contributed by atoms with Gasteiger partial charge in [-0.15, -0.1) is 0 Å². The van der Waals surface area contributed by atoms with E-state index in [1.807, 2.05) is 19.2 Å². The predicted molar refractivity (Wildman–Crippen MR) is 125 cm³/mol. The van der Waals surface area contributed by atoms with E-state index in [2.05, 4.69) is 16.4 Å². The van der Waals surface area contributed by atoms with Crippen LogP contribution in [0.3, 0.4) is 0 Å². The average molecular weight is 519 g/mol. The fourth-order valence-electron chi connectivity index (χ4n) is 5.41. The summed E-state index contributed by atoms with van der Waals surface area (Å²) < 4.78 is 40.7. The third-order valence-electron chi connectivity index (χ3n) is 7.56. The van der Waals surface area contributed by atoms with Crippen LogP contribution in [0.5, 0.6) is 0 Å². The lowest BCUT2D eigenvalue weighted by Crippen LogP contribution is -2.60. The quantitative estimate of drug-likeness (QED) is 0.631. The van der Waals surface area contributed by atoms with Crippen LogP contribution in [-0.2, 0) is 14.4 Å². The summed E-state index contributed by atoms with van der Waals surface area (Å²) in [7, 11) is 0. The topological polar surface area (TPSA) is 120 Å². The number of likely N-dealkylation sites (tertiary alicyclic amines) is 1. The van der Waals surface area contributed by atoms with E-state index in [0.29, 0.717) is 11.3 Å². The molecule has 2 aromatic rings. The number of nitrogens with one attached hydrogen (secondary N) is 2. The largest absolute Gasteiger partial charge is 0.471 e. The molecule has 2 fully saturated rings. The molecule has 2 aliphatic rings. The first-order valence-corrected chi connectivity index (χ1v) is 11.9. The van der Waals surface area contributed by atoms with Gasteiger partial charge in [0.15, 0.2) is 6.04 Å². The molecule has 1 saturated carbocycles. The van der Waals surface area contributed by atoms with E-state index in [1.54, 1.807) is 49.6 Å². The van der Waals surface area contributed by atoms with Crippen LogP contribution < -0.4 is 10.6 Å². The van der Waals surface area contributed by atoms with E-state index in [-0.39, 0.29) is 23.8 Å². The van der Waals surface area contributed by atoms with Crippen molar-refractivity contribution in [2.24, 2.45) is 22.7 Å². The minimum atomic E-state index is -5.16. The van der Waals surface area contributed by atoms with Gasteiger partial charge < -0.3 is 19.9 Å². The zero-order valence-corrected chi connectivity index (χ0v) is 21.1. The molecule has 3 heterocycles. The van der Waals surface area contributed by atoms with Crippen molar-refractivity contribution >= 4 is 23.4 Å². The SMILES string of the molecule is CC(C)(C)[C@H](NC(=O)C(F)(F)F)C(=O)N1C[C@H]2[C@@H]([C@H]1C(=O)NC(C#N)c1cnc3ccccn13)C2(C)C. The lowest BCUT2D eigenvalue weighted by Gasteiger charge is -2.37. The van der Waals surface area contributed by atoms with Crippen LogP contribution in [0.1, 0.15) is 46.4 Å². The maximum atomic E-state index is 13.6. The van der Waals surface area contributed by atoms with Gasteiger partial charge in [-0.25, -0.2) is 4.98 Å². The van der Waals surface area contributed by atoms with E-state index in [9.17, 15) is 32.8 Å². The molecule has 4 rings (SSSR count). The minimum absolute atomic E-state index is 0.0394. The summed E-state index contributed by atoms with van der Waals surface area (Å²) in [6.45, 7) is 8.71. The fraction of sp³-hybridized carbons (Fsp3) is 0.560. The standard InChI is InChI=1S/C25H29F3N6O3/c1-23(2,3)19(32-22(37)25(26,27)28)21(36)34-12-13-17(24(13,4)5)18(34)20(35)31-14(10-29)15-11-30-16-8-6-7-9-33(15)16/h6-9,11,13-14,17-19H,12H2,1-5H3,(H,31,35)(H,32,37)/t13-,14?,17-,18-,19+/m0/s1. The van der Waals surface area contributed by atoms with Gasteiger partial charge in [0.25, 0.3) is 0 Å². The molecular weight excluding hydrogens is 489 g/mol. The zero-order valence-electron chi connectivity index (χ0n) is 21.1. The third kappa shape index (κ3) is 4.63. The third-order valence-corrected chi connectivity index (χ3v) is 7.56. The number of hydrogen-bond donors (Lipinski definition) is 2. The highest BCUT2D eigenvalue weighted by Gasteiger charge is 2.70. The Morgan fingerprint density at radius 1 is 1.19 bits per heavy atom. The maximum absolute atomic E-state index is 13.6. The number of aromatic nitrogens is 2. The first kappa shape index (κ1) is 26.4. The highest BCUT2D eigenvalue weighted by molar-refractivity contribution is 5.95. The number of nitriles is 1. The zero-order chi connectivity index (χ0) is 27.5. The van der Waals surface area contributed by atoms with Crippen LogP contribution in [0.15, 0.2) is 30.6 Å². The van der Waals surface area contributed by atoms with E-state index in [4.69, 9.17) is 0 Å². The van der Waals surface area contributed by atoms with Crippen molar-refractivity contribution in [1.82, 2.24) is 24.9 Å². The Balaban J connectivity index is 1.61. The molecule has 12 heteroatoms. The summed E-state index contributed by atoms with van der Waals surface area (Å²) in [4.78, 5) is 44.4. The summed E-state index contributed by atoms with van der Waals surface area (Å²) >= 11 is 0. The molecule has 0 bridgehead atoms. The number of piperidine rings is 1. The van der Waals surface area contributed by atoms with Gasteiger partial charge in [-0.2, -0.15) is 18.4 Å². The Kier molecular flexibility index (Phi) is 6.25. The summed E-state index contributed by atoms with van der Waals surface area (Å²) in [5, 5.41) is 14.4. The van der Waals surface area contributed by atoms with Gasteiger partial charge in [0, 0.05) is 12.7 Å². The molecule has 2 aromatic heterocycles. The second-order valence-electron chi connectivity index (χ2n) is 11.3. The van der Waals surface area contributed by atoms with Crippen molar-refractivity contribution in [1.29, 1.82) is 5.26 Å². The Morgan fingerprint density at radius 2 is 1.86 bits per heavy atom. The van der Waals surface area contributed by atoms with Gasteiger partial charge in [0.1, 0.15) is 17.7 Å². The smallest absolute Gasteiger partial charge is 0.336 e. The number of alkyl halides is 3. The molecule has 37 heavy (non-hydrogen) atoms. The van der Waals surface area contributed by atoms with Gasteiger partial charge in [-0.1, -0.05) is 40.7 Å². The molecule has 0 radical (unpaired) electrons. The van der Waals surface area contributed by atoms with Crippen LogP contribution >= 0.6 is 0 Å². The highest BCUT2D eigenvalue weighted by atomic mass is 19.4. The number of carbonyl (C=O) groups excluding carboxylic acids is 3. The number of halogens is 3. The number of imidazole rings is 1. The van der Waals surface area contributed by atoms with E-state index < -0.39 is 47.4 Å². The number of nitrogens with zero attached hydrogens (tertiary/aromatic N) is 4. The van der Waals surface area contributed by atoms with Gasteiger partial charge in [-0.3, -0.25) is 14.4 Å². The molecule has 1 aliphatic carbocycles. The molecule has 5 atom stereocenters. The van der Waals surface area contributed by atoms with Crippen molar-refractivity contribution in [2.75, 3.05) is 6.54 Å². The number of carbonyl (C=O) groups is 3. The van der Waals surface area contributed by atoms with Crippen LogP contribution in [-0.4, -0.2) is 56.8 Å². The van der Waals surface area contributed by atoms with Gasteiger partial charge >= 0.3 is 12.1 Å². The number of fused-ring (bicyclic) bond motifs is 2. The Bertz CT molecular complexity index is 1290. The Hall–Kier alpha value is -3.62. The summed E-state index contributed by atoms with van der Waals surface area (Å²) in [6, 6.07) is 3.75. The monoisotopic (exact) mass is 518 g/mol. The molecule has 1 unspecified atom stereocenters.